The quantitative estimate of drug-likeness (QED) is 0.570. The maximum absolute atomic E-state index is 11.4. The van der Waals surface area contributed by atoms with Crippen molar-refractivity contribution in [1.29, 1.82) is 0 Å². The van der Waals surface area contributed by atoms with Crippen LogP contribution in [0.5, 0.6) is 0 Å². The molecule has 120 valence electrons. The van der Waals surface area contributed by atoms with E-state index in [1.54, 1.807) is 13.0 Å². The van der Waals surface area contributed by atoms with E-state index in [0.717, 1.165) is 5.56 Å². The SMILES string of the molecule is CCOC(=O)CCc1c(Cl)nc(C=Cc2ccccc2)nc1Cl. The molecule has 23 heavy (non-hydrogen) atoms. The van der Waals surface area contributed by atoms with Crippen molar-refractivity contribution >= 4 is 41.3 Å². The van der Waals surface area contributed by atoms with Gasteiger partial charge in [0.05, 0.1) is 6.61 Å². The Morgan fingerprint density at radius 2 is 1.78 bits per heavy atom. The van der Waals surface area contributed by atoms with Crippen LogP contribution in [0.25, 0.3) is 12.2 Å². The lowest BCUT2D eigenvalue weighted by atomic mass is 10.2. The summed E-state index contributed by atoms with van der Waals surface area (Å²) in [5.41, 5.74) is 1.58. The highest BCUT2D eigenvalue weighted by atomic mass is 35.5. The van der Waals surface area contributed by atoms with E-state index in [4.69, 9.17) is 27.9 Å². The Morgan fingerprint density at radius 1 is 1.13 bits per heavy atom. The summed E-state index contributed by atoms with van der Waals surface area (Å²) in [7, 11) is 0. The van der Waals surface area contributed by atoms with Gasteiger partial charge in [0.1, 0.15) is 10.3 Å². The molecule has 0 fully saturated rings. The van der Waals surface area contributed by atoms with Crippen molar-refractivity contribution in [2.24, 2.45) is 0 Å². The number of nitrogens with zero attached hydrogens (tertiary/aromatic N) is 2. The second kappa shape index (κ2) is 8.65. The molecule has 0 aliphatic heterocycles. The number of rotatable bonds is 6. The van der Waals surface area contributed by atoms with Crippen LogP contribution in [0.15, 0.2) is 30.3 Å². The molecule has 0 aliphatic rings. The van der Waals surface area contributed by atoms with Crippen LogP contribution >= 0.6 is 23.2 Å². The number of benzene rings is 1. The molecule has 0 saturated heterocycles. The first kappa shape index (κ1) is 17.4. The summed E-state index contributed by atoms with van der Waals surface area (Å²) in [6.07, 6.45) is 4.15. The summed E-state index contributed by atoms with van der Waals surface area (Å²) in [6, 6.07) is 9.76. The number of carbonyl (C=O) groups excluding carboxylic acids is 1. The summed E-state index contributed by atoms with van der Waals surface area (Å²) in [5, 5.41) is 0.504. The Kier molecular flexibility index (Phi) is 6.56. The van der Waals surface area contributed by atoms with Crippen LogP contribution in [-0.4, -0.2) is 22.5 Å². The van der Waals surface area contributed by atoms with Crippen LogP contribution in [0.4, 0.5) is 0 Å². The molecule has 0 radical (unpaired) electrons. The normalized spacial score (nSPS) is 10.9. The second-order valence-electron chi connectivity index (χ2n) is 4.69. The van der Waals surface area contributed by atoms with Crippen molar-refractivity contribution < 1.29 is 9.53 Å². The molecule has 1 aromatic heterocycles. The average Bonchev–Trinajstić information content (AvgIpc) is 2.53. The van der Waals surface area contributed by atoms with Crippen LogP contribution in [-0.2, 0) is 16.0 Å². The fourth-order valence-corrected chi connectivity index (χ4v) is 2.51. The predicted molar refractivity (Wildman–Crippen MR) is 92.4 cm³/mol. The lowest BCUT2D eigenvalue weighted by Crippen LogP contribution is -2.07. The van der Waals surface area contributed by atoms with Crippen molar-refractivity contribution in [2.45, 2.75) is 19.8 Å². The molecule has 0 spiro atoms. The van der Waals surface area contributed by atoms with Crippen LogP contribution < -0.4 is 0 Å². The van der Waals surface area contributed by atoms with E-state index in [1.165, 1.54) is 0 Å². The third-order valence-electron chi connectivity index (χ3n) is 3.03. The van der Waals surface area contributed by atoms with E-state index in [0.29, 0.717) is 24.4 Å². The maximum Gasteiger partial charge on any atom is 0.306 e. The van der Waals surface area contributed by atoms with E-state index in [2.05, 4.69) is 9.97 Å². The van der Waals surface area contributed by atoms with Crippen LogP contribution in [0.3, 0.4) is 0 Å². The molecule has 6 heteroatoms. The van der Waals surface area contributed by atoms with Gasteiger partial charge in [0.15, 0.2) is 5.82 Å². The molecule has 2 aromatic rings. The summed E-state index contributed by atoms with van der Waals surface area (Å²) in [5.74, 6) is 0.122. The minimum atomic E-state index is -0.298. The van der Waals surface area contributed by atoms with Crippen LogP contribution in [0.2, 0.25) is 10.3 Å². The Bertz CT molecular complexity index is 680. The van der Waals surface area contributed by atoms with Gasteiger partial charge < -0.3 is 4.74 Å². The van der Waals surface area contributed by atoms with E-state index in [9.17, 15) is 4.79 Å². The number of hydrogen-bond acceptors (Lipinski definition) is 4. The molecule has 0 bridgehead atoms. The third kappa shape index (κ3) is 5.34. The first-order valence-corrected chi connectivity index (χ1v) is 7.96. The largest absolute Gasteiger partial charge is 0.466 e. The standard InChI is InChI=1S/C17H16Cl2N2O2/c1-2-23-15(22)11-9-13-16(18)20-14(21-17(13)19)10-8-12-6-4-3-5-7-12/h3-8,10H,2,9,11H2,1H3. The third-order valence-corrected chi connectivity index (χ3v) is 3.66. The number of halogens is 2. The molecule has 1 heterocycles. The minimum Gasteiger partial charge on any atom is -0.466 e. The molecule has 0 N–H and O–H groups in total. The van der Waals surface area contributed by atoms with E-state index < -0.39 is 0 Å². The molecule has 0 unspecified atom stereocenters. The molecule has 0 amide bonds. The smallest absolute Gasteiger partial charge is 0.306 e. The molecular weight excluding hydrogens is 335 g/mol. The predicted octanol–water partition coefficient (Wildman–Crippen LogP) is 4.45. The van der Waals surface area contributed by atoms with Crippen molar-refractivity contribution in [1.82, 2.24) is 9.97 Å². The number of ether oxygens (including phenoxy) is 1. The molecule has 0 atom stereocenters. The molecule has 2 rings (SSSR count). The Hall–Kier alpha value is -1.91. The zero-order valence-electron chi connectivity index (χ0n) is 12.6. The number of esters is 1. The molecule has 4 nitrogen and oxygen atoms in total. The van der Waals surface area contributed by atoms with E-state index in [-0.39, 0.29) is 22.7 Å². The molecule has 0 aliphatic carbocycles. The zero-order chi connectivity index (χ0) is 16.7. The summed E-state index contributed by atoms with van der Waals surface area (Å²) in [4.78, 5) is 19.8. The van der Waals surface area contributed by atoms with Gasteiger partial charge in [0.2, 0.25) is 0 Å². The fourth-order valence-electron chi connectivity index (χ4n) is 1.92. The number of hydrogen-bond donors (Lipinski definition) is 0. The van der Waals surface area contributed by atoms with Gasteiger partial charge in [0, 0.05) is 12.0 Å². The Labute approximate surface area is 145 Å². The number of carbonyl (C=O) groups is 1. The van der Waals surface area contributed by atoms with Gasteiger partial charge in [-0.2, -0.15) is 0 Å². The van der Waals surface area contributed by atoms with Crippen molar-refractivity contribution in [3.63, 3.8) is 0 Å². The van der Waals surface area contributed by atoms with Crippen molar-refractivity contribution in [3.05, 3.63) is 57.6 Å². The molecule has 0 saturated carbocycles. The fraction of sp³-hybridized carbons (Fsp3) is 0.235. The van der Waals surface area contributed by atoms with Gasteiger partial charge in [-0.1, -0.05) is 59.6 Å². The van der Waals surface area contributed by atoms with E-state index in [1.807, 2.05) is 36.4 Å². The monoisotopic (exact) mass is 350 g/mol. The number of aromatic nitrogens is 2. The average molecular weight is 351 g/mol. The van der Waals surface area contributed by atoms with Crippen molar-refractivity contribution in [2.75, 3.05) is 6.61 Å². The van der Waals surface area contributed by atoms with Gasteiger partial charge in [-0.15, -0.1) is 0 Å². The second-order valence-corrected chi connectivity index (χ2v) is 5.41. The van der Waals surface area contributed by atoms with Crippen LogP contribution in [0, 0.1) is 0 Å². The lowest BCUT2D eigenvalue weighted by molar-refractivity contribution is -0.143. The first-order chi connectivity index (χ1) is 11.1. The zero-order valence-corrected chi connectivity index (χ0v) is 14.1. The van der Waals surface area contributed by atoms with E-state index >= 15 is 0 Å². The minimum absolute atomic E-state index is 0.190. The molecule has 1 aromatic carbocycles. The highest BCUT2D eigenvalue weighted by Crippen LogP contribution is 2.23. The molecular formula is C17H16Cl2N2O2. The maximum atomic E-state index is 11.4. The van der Waals surface area contributed by atoms with Gasteiger partial charge in [-0.05, 0) is 25.0 Å². The topological polar surface area (TPSA) is 52.1 Å². The first-order valence-electron chi connectivity index (χ1n) is 7.20. The summed E-state index contributed by atoms with van der Waals surface area (Å²) < 4.78 is 4.88. The Morgan fingerprint density at radius 3 is 2.39 bits per heavy atom. The van der Waals surface area contributed by atoms with Gasteiger partial charge >= 0.3 is 5.97 Å². The summed E-state index contributed by atoms with van der Waals surface area (Å²) in [6.45, 7) is 2.11. The highest BCUT2D eigenvalue weighted by molar-refractivity contribution is 6.34. The lowest BCUT2D eigenvalue weighted by Gasteiger charge is -2.06. The van der Waals surface area contributed by atoms with Gasteiger partial charge in [-0.25, -0.2) is 9.97 Å². The Balaban J connectivity index is 2.10. The van der Waals surface area contributed by atoms with Gasteiger partial charge in [-0.3, -0.25) is 4.79 Å². The van der Waals surface area contributed by atoms with Crippen molar-refractivity contribution in [3.8, 4) is 0 Å². The van der Waals surface area contributed by atoms with Gasteiger partial charge in [0.25, 0.3) is 0 Å². The highest BCUT2D eigenvalue weighted by Gasteiger charge is 2.13. The van der Waals surface area contributed by atoms with Crippen LogP contribution in [0.1, 0.15) is 30.3 Å². The summed E-state index contributed by atoms with van der Waals surface area (Å²) >= 11 is 12.3.